The van der Waals surface area contributed by atoms with Crippen molar-refractivity contribution in [3.8, 4) is 0 Å². The zero-order valence-electron chi connectivity index (χ0n) is 9.51. The van der Waals surface area contributed by atoms with Crippen molar-refractivity contribution in [2.24, 2.45) is 0 Å². The number of benzene rings is 2. The summed E-state index contributed by atoms with van der Waals surface area (Å²) in [7, 11) is 0. The number of aliphatic hydroxyl groups is 1. The predicted molar refractivity (Wildman–Crippen MR) is 74.0 cm³/mol. The van der Waals surface area contributed by atoms with Gasteiger partial charge in [0.15, 0.2) is 0 Å². The van der Waals surface area contributed by atoms with Crippen molar-refractivity contribution in [2.45, 2.75) is 18.9 Å². The molecule has 88 valence electrons. The zero-order valence-corrected chi connectivity index (χ0v) is 11.1. The van der Waals surface area contributed by atoms with E-state index in [1.165, 1.54) is 5.56 Å². The Bertz CT molecular complexity index is 467. The van der Waals surface area contributed by atoms with Gasteiger partial charge < -0.3 is 5.11 Å². The van der Waals surface area contributed by atoms with Crippen LogP contribution in [0.2, 0.25) is 0 Å². The van der Waals surface area contributed by atoms with Gasteiger partial charge in [-0.3, -0.25) is 0 Å². The van der Waals surface area contributed by atoms with Crippen LogP contribution in [-0.4, -0.2) is 11.2 Å². The Kier molecular flexibility index (Phi) is 4.35. The van der Waals surface area contributed by atoms with E-state index in [0.29, 0.717) is 12.8 Å². The summed E-state index contributed by atoms with van der Waals surface area (Å²) >= 11 is 3.44. The molecule has 1 N–H and O–H groups in total. The van der Waals surface area contributed by atoms with E-state index in [2.05, 4.69) is 15.9 Å². The second-order valence-corrected chi connectivity index (χ2v) is 5.09. The van der Waals surface area contributed by atoms with Crippen LogP contribution in [0.3, 0.4) is 0 Å². The maximum atomic E-state index is 10.0. The first kappa shape index (κ1) is 12.3. The smallest absolute Gasteiger partial charge is 0.0620 e. The minimum atomic E-state index is -0.327. The number of hydrogen-bond donors (Lipinski definition) is 1. The van der Waals surface area contributed by atoms with Gasteiger partial charge in [0, 0.05) is 4.47 Å². The molecule has 2 heteroatoms. The van der Waals surface area contributed by atoms with Gasteiger partial charge in [-0.15, -0.1) is 0 Å². The van der Waals surface area contributed by atoms with Crippen LogP contribution in [0.15, 0.2) is 59.1 Å². The van der Waals surface area contributed by atoms with Gasteiger partial charge in [-0.05, 0) is 36.1 Å². The first-order valence-electron chi connectivity index (χ1n) is 5.70. The average molecular weight is 291 g/mol. The van der Waals surface area contributed by atoms with E-state index in [-0.39, 0.29) is 6.10 Å². The fourth-order valence-corrected chi connectivity index (χ4v) is 2.34. The lowest BCUT2D eigenvalue weighted by Gasteiger charge is -2.10. The molecule has 0 fully saturated rings. The minimum Gasteiger partial charge on any atom is -0.392 e. The van der Waals surface area contributed by atoms with Crippen molar-refractivity contribution < 1.29 is 5.11 Å². The second-order valence-electron chi connectivity index (χ2n) is 4.18. The number of hydrogen-bond acceptors (Lipinski definition) is 1. The molecule has 17 heavy (non-hydrogen) atoms. The average Bonchev–Trinajstić information content (AvgIpc) is 2.30. The fourth-order valence-electron chi connectivity index (χ4n) is 1.89. The summed E-state index contributed by atoms with van der Waals surface area (Å²) < 4.78 is 1.06. The van der Waals surface area contributed by atoms with Crippen LogP contribution in [0.4, 0.5) is 0 Å². The summed E-state index contributed by atoms with van der Waals surface area (Å²) in [6.45, 7) is 0. The van der Waals surface area contributed by atoms with Crippen molar-refractivity contribution >= 4 is 15.9 Å². The van der Waals surface area contributed by atoms with Gasteiger partial charge in [-0.2, -0.15) is 0 Å². The molecule has 2 aromatic rings. The van der Waals surface area contributed by atoms with Gasteiger partial charge in [0.2, 0.25) is 0 Å². The lowest BCUT2D eigenvalue weighted by atomic mass is 10.0. The van der Waals surface area contributed by atoms with Crippen molar-refractivity contribution in [1.29, 1.82) is 0 Å². The quantitative estimate of drug-likeness (QED) is 0.912. The Morgan fingerprint density at radius 2 is 1.53 bits per heavy atom. The van der Waals surface area contributed by atoms with E-state index in [4.69, 9.17) is 0 Å². The standard InChI is InChI=1S/C15H15BrO/c16-14-8-4-7-13(9-14)11-15(17)10-12-5-2-1-3-6-12/h1-9,15,17H,10-11H2/t15-/m0/s1. The van der Waals surface area contributed by atoms with E-state index in [1.54, 1.807) is 0 Å². The van der Waals surface area contributed by atoms with Crippen LogP contribution in [0, 0.1) is 0 Å². The zero-order chi connectivity index (χ0) is 12.1. The fraction of sp³-hybridized carbons (Fsp3) is 0.200. The van der Waals surface area contributed by atoms with Crippen LogP contribution in [0.25, 0.3) is 0 Å². The van der Waals surface area contributed by atoms with Crippen molar-refractivity contribution in [2.75, 3.05) is 0 Å². The van der Waals surface area contributed by atoms with Crippen LogP contribution in [0.1, 0.15) is 11.1 Å². The Morgan fingerprint density at radius 1 is 0.882 bits per heavy atom. The monoisotopic (exact) mass is 290 g/mol. The lowest BCUT2D eigenvalue weighted by molar-refractivity contribution is 0.175. The van der Waals surface area contributed by atoms with Gasteiger partial charge in [0.05, 0.1) is 6.10 Å². The highest BCUT2D eigenvalue weighted by Crippen LogP contribution is 2.14. The van der Waals surface area contributed by atoms with Gasteiger partial charge in [0.25, 0.3) is 0 Å². The molecule has 0 radical (unpaired) electrons. The molecule has 2 aromatic carbocycles. The molecule has 0 aliphatic rings. The number of halogens is 1. The van der Waals surface area contributed by atoms with Gasteiger partial charge in [-0.1, -0.05) is 58.4 Å². The Balaban J connectivity index is 1.96. The molecule has 1 nitrogen and oxygen atoms in total. The van der Waals surface area contributed by atoms with Crippen molar-refractivity contribution in [1.82, 2.24) is 0 Å². The van der Waals surface area contributed by atoms with E-state index in [9.17, 15) is 5.11 Å². The highest BCUT2D eigenvalue weighted by Gasteiger charge is 2.06. The highest BCUT2D eigenvalue weighted by molar-refractivity contribution is 9.10. The van der Waals surface area contributed by atoms with E-state index < -0.39 is 0 Å². The summed E-state index contributed by atoms with van der Waals surface area (Å²) in [5.41, 5.74) is 2.33. The Hall–Kier alpha value is -1.12. The summed E-state index contributed by atoms with van der Waals surface area (Å²) in [6.07, 6.45) is 1.06. The summed E-state index contributed by atoms with van der Waals surface area (Å²) in [5, 5.41) is 10.0. The highest BCUT2D eigenvalue weighted by atomic mass is 79.9. The third-order valence-corrected chi connectivity index (χ3v) is 3.17. The molecule has 0 bridgehead atoms. The molecule has 0 unspecified atom stereocenters. The Labute approximate surface area is 110 Å². The summed E-state index contributed by atoms with van der Waals surface area (Å²) in [5.74, 6) is 0. The van der Waals surface area contributed by atoms with E-state index >= 15 is 0 Å². The molecule has 0 saturated heterocycles. The van der Waals surface area contributed by atoms with Crippen LogP contribution >= 0.6 is 15.9 Å². The molecule has 0 saturated carbocycles. The topological polar surface area (TPSA) is 20.2 Å². The molecule has 0 aliphatic carbocycles. The molecule has 0 aliphatic heterocycles. The van der Waals surface area contributed by atoms with Gasteiger partial charge >= 0.3 is 0 Å². The van der Waals surface area contributed by atoms with Crippen LogP contribution in [-0.2, 0) is 12.8 Å². The lowest BCUT2D eigenvalue weighted by Crippen LogP contribution is -2.13. The normalized spacial score (nSPS) is 12.4. The third kappa shape index (κ3) is 3.99. The van der Waals surface area contributed by atoms with Crippen molar-refractivity contribution in [3.63, 3.8) is 0 Å². The number of aliphatic hydroxyl groups excluding tert-OH is 1. The number of rotatable bonds is 4. The molecule has 1 atom stereocenters. The van der Waals surface area contributed by atoms with Crippen LogP contribution < -0.4 is 0 Å². The first-order valence-corrected chi connectivity index (χ1v) is 6.50. The van der Waals surface area contributed by atoms with Gasteiger partial charge in [-0.25, -0.2) is 0 Å². The molecule has 2 rings (SSSR count). The predicted octanol–water partition coefficient (Wildman–Crippen LogP) is 3.60. The van der Waals surface area contributed by atoms with Gasteiger partial charge in [0.1, 0.15) is 0 Å². The molecular weight excluding hydrogens is 276 g/mol. The minimum absolute atomic E-state index is 0.327. The SMILES string of the molecule is O[C@@H](Cc1ccccc1)Cc1cccc(Br)c1. The first-order chi connectivity index (χ1) is 8.24. The van der Waals surface area contributed by atoms with E-state index in [1.807, 2.05) is 54.6 Å². The molecule has 0 heterocycles. The maximum absolute atomic E-state index is 10.0. The Morgan fingerprint density at radius 3 is 2.24 bits per heavy atom. The second kappa shape index (κ2) is 5.99. The molecular formula is C15H15BrO. The largest absolute Gasteiger partial charge is 0.392 e. The van der Waals surface area contributed by atoms with E-state index in [0.717, 1.165) is 10.0 Å². The maximum Gasteiger partial charge on any atom is 0.0620 e. The third-order valence-electron chi connectivity index (χ3n) is 2.67. The summed E-state index contributed by atoms with van der Waals surface area (Å²) in [4.78, 5) is 0. The van der Waals surface area contributed by atoms with Crippen molar-refractivity contribution in [3.05, 3.63) is 70.2 Å². The van der Waals surface area contributed by atoms with Crippen LogP contribution in [0.5, 0.6) is 0 Å². The molecule has 0 amide bonds. The molecule has 0 aromatic heterocycles. The molecule has 0 spiro atoms. The summed E-state index contributed by atoms with van der Waals surface area (Å²) in [6, 6.07) is 18.2.